The number of benzene rings is 1. The minimum absolute atomic E-state index is 0.0161. The Morgan fingerprint density at radius 1 is 0.677 bits per heavy atom. The van der Waals surface area contributed by atoms with Crippen LogP contribution >= 0.6 is 0 Å². The van der Waals surface area contributed by atoms with Crippen LogP contribution in [0.3, 0.4) is 0 Å². The average Bonchev–Trinajstić information content (AvgIpc) is 2.75. The van der Waals surface area contributed by atoms with Gasteiger partial charge >= 0.3 is 0 Å². The van der Waals surface area contributed by atoms with Gasteiger partial charge in [0.25, 0.3) is 0 Å². The van der Waals surface area contributed by atoms with Gasteiger partial charge in [-0.1, -0.05) is 129 Å². The molecular weight excluding hydrogens is 385 g/mol. The number of carbonyl (C=O) groups excluding carboxylic acids is 1. The first kappa shape index (κ1) is 27.7. The predicted octanol–water partition coefficient (Wildman–Crippen LogP) is 9.59. The lowest BCUT2D eigenvalue weighted by Gasteiger charge is -2.05. The smallest absolute Gasteiger partial charge is 0.224 e. The molecule has 2 nitrogen and oxygen atoms in total. The molecule has 31 heavy (non-hydrogen) atoms. The first-order valence-corrected chi connectivity index (χ1v) is 13.3. The van der Waals surface area contributed by atoms with Crippen molar-refractivity contribution in [2.75, 3.05) is 5.32 Å². The van der Waals surface area contributed by atoms with Gasteiger partial charge in [0.1, 0.15) is 5.82 Å². The van der Waals surface area contributed by atoms with E-state index in [1.165, 1.54) is 121 Å². The van der Waals surface area contributed by atoms with Crippen LogP contribution in [0.1, 0.15) is 135 Å². The van der Waals surface area contributed by atoms with Crippen molar-refractivity contribution in [2.24, 2.45) is 0 Å². The predicted molar refractivity (Wildman–Crippen MR) is 133 cm³/mol. The van der Waals surface area contributed by atoms with E-state index in [-0.39, 0.29) is 11.7 Å². The highest BCUT2D eigenvalue weighted by atomic mass is 19.1. The molecule has 0 heterocycles. The van der Waals surface area contributed by atoms with Crippen molar-refractivity contribution in [3.8, 4) is 0 Å². The fourth-order valence-corrected chi connectivity index (χ4v) is 4.15. The van der Waals surface area contributed by atoms with Crippen molar-refractivity contribution < 1.29 is 9.18 Å². The molecule has 0 saturated carbocycles. The Morgan fingerprint density at radius 3 is 1.52 bits per heavy atom. The van der Waals surface area contributed by atoms with E-state index in [1.54, 1.807) is 12.1 Å². The summed E-state index contributed by atoms with van der Waals surface area (Å²) in [6.07, 6.45) is 26.2. The molecule has 0 aromatic heterocycles. The number of unbranched alkanes of at least 4 members (excludes halogenated alkanes) is 18. The van der Waals surface area contributed by atoms with Crippen molar-refractivity contribution >= 4 is 11.6 Å². The molecule has 0 radical (unpaired) electrons. The van der Waals surface area contributed by atoms with Crippen molar-refractivity contribution in [2.45, 2.75) is 135 Å². The second kappa shape index (κ2) is 20.5. The fraction of sp³-hybridized carbons (Fsp3) is 0.750. The minimum atomic E-state index is -0.318. The van der Waals surface area contributed by atoms with E-state index in [0.717, 1.165) is 12.8 Å². The Labute approximate surface area is 191 Å². The standard InChI is InChI=1S/C28H48FNO/c1-2-3-4-5-6-7-8-9-10-11-12-13-14-15-16-17-18-19-20-24-28(31)30-27-23-21-22-26(29)25-27/h21-23,25H,2-20,24H2,1H3,(H,30,31). The summed E-state index contributed by atoms with van der Waals surface area (Å²) < 4.78 is 13.1. The number of nitrogens with one attached hydrogen (secondary N) is 1. The van der Waals surface area contributed by atoms with E-state index in [9.17, 15) is 9.18 Å². The van der Waals surface area contributed by atoms with Crippen molar-refractivity contribution in [1.29, 1.82) is 0 Å². The molecular formula is C28H48FNO. The van der Waals surface area contributed by atoms with Gasteiger partial charge < -0.3 is 5.32 Å². The Morgan fingerprint density at radius 2 is 1.10 bits per heavy atom. The lowest BCUT2D eigenvalue weighted by atomic mass is 10.0. The largest absolute Gasteiger partial charge is 0.326 e. The Kier molecular flexibility index (Phi) is 18.3. The highest BCUT2D eigenvalue weighted by molar-refractivity contribution is 5.90. The summed E-state index contributed by atoms with van der Waals surface area (Å²) in [5, 5.41) is 2.76. The first-order valence-electron chi connectivity index (χ1n) is 13.3. The maximum atomic E-state index is 13.1. The lowest BCUT2D eigenvalue weighted by molar-refractivity contribution is -0.116. The quantitative estimate of drug-likeness (QED) is 0.192. The SMILES string of the molecule is CCCCCCCCCCCCCCCCCCCCCC(=O)Nc1cccc(F)c1. The first-order chi connectivity index (χ1) is 15.2. The van der Waals surface area contributed by atoms with Gasteiger partial charge in [0, 0.05) is 12.1 Å². The third-order valence-corrected chi connectivity index (χ3v) is 6.12. The number of rotatable bonds is 21. The molecule has 0 aliphatic rings. The highest BCUT2D eigenvalue weighted by Crippen LogP contribution is 2.15. The molecule has 0 aliphatic heterocycles. The number of carbonyl (C=O) groups is 1. The van der Waals surface area contributed by atoms with Crippen molar-refractivity contribution in [3.05, 3.63) is 30.1 Å². The van der Waals surface area contributed by atoms with Crippen LogP contribution in [0, 0.1) is 5.82 Å². The number of halogens is 1. The molecule has 0 unspecified atom stereocenters. The van der Waals surface area contributed by atoms with Crippen LogP contribution in [-0.2, 0) is 4.79 Å². The zero-order chi connectivity index (χ0) is 22.4. The normalized spacial score (nSPS) is 11.0. The molecule has 3 heteroatoms. The van der Waals surface area contributed by atoms with Gasteiger partial charge in [-0.2, -0.15) is 0 Å². The van der Waals surface area contributed by atoms with Crippen LogP contribution in [-0.4, -0.2) is 5.91 Å². The van der Waals surface area contributed by atoms with Gasteiger partial charge in [0.15, 0.2) is 0 Å². The number of amides is 1. The minimum Gasteiger partial charge on any atom is -0.326 e. The second-order valence-corrected chi connectivity index (χ2v) is 9.17. The van der Waals surface area contributed by atoms with Crippen LogP contribution in [0.15, 0.2) is 24.3 Å². The molecule has 1 aromatic rings. The lowest BCUT2D eigenvalue weighted by Crippen LogP contribution is -2.11. The molecule has 178 valence electrons. The molecule has 1 N–H and O–H groups in total. The monoisotopic (exact) mass is 433 g/mol. The van der Waals surface area contributed by atoms with Gasteiger partial charge in [0.2, 0.25) is 5.91 Å². The molecule has 0 bridgehead atoms. The summed E-state index contributed by atoms with van der Waals surface area (Å²) >= 11 is 0. The third kappa shape index (κ3) is 17.9. The summed E-state index contributed by atoms with van der Waals surface area (Å²) in [6, 6.07) is 6.07. The number of hydrogen-bond donors (Lipinski definition) is 1. The number of anilines is 1. The second-order valence-electron chi connectivity index (χ2n) is 9.17. The van der Waals surface area contributed by atoms with E-state index in [0.29, 0.717) is 12.1 Å². The van der Waals surface area contributed by atoms with E-state index in [4.69, 9.17) is 0 Å². The Bertz CT molecular complexity index is 546. The third-order valence-electron chi connectivity index (χ3n) is 6.12. The van der Waals surface area contributed by atoms with Crippen LogP contribution in [0.25, 0.3) is 0 Å². The van der Waals surface area contributed by atoms with Gasteiger partial charge in [0.05, 0.1) is 0 Å². The van der Waals surface area contributed by atoms with Crippen LogP contribution in [0.4, 0.5) is 10.1 Å². The summed E-state index contributed by atoms with van der Waals surface area (Å²) in [6.45, 7) is 2.28. The maximum absolute atomic E-state index is 13.1. The summed E-state index contributed by atoms with van der Waals surface area (Å²) in [4.78, 5) is 11.9. The van der Waals surface area contributed by atoms with Crippen LogP contribution < -0.4 is 5.32 Å². The zero-order valence-electron chi connectivity index (χ0n) is 20.2. The van der Waals surface area contributed by atoms with Gasteiger partial charge in [-0.3, -0.25) is 4.79 Å². The van der Waals surface area contributed by atoms with Crippen LogP contribution in [0.2, 0.25) is 0 Å². The van der Waals surface area contributed by atoms with Gasteiger partial charge in [-0.25, -0.2) is 4.39 Å². The average molecular weight is 434 g/mol. The van der Waals surface area contributed by atoms with E-state index < -0.39 is 0 Å². The zero-order valence-corrected chi connectivity index (χ0v) is 20.2. The molecule has 1 aromatic carbocycles. The van der Waals surface area contributed by atoms with Gasteiger partial charge in [-0.05, 0) is 24.6 Å². The maximum Gasteiger partial charge on any atom is 0.224 e. The summed E-state index contributed by atoms with van der Waals surface area (Å²) in [5.41, 5.74) is 0.544. The molecule has 1 amide bonds. The molecule has 0 aliphatic carbocycles. The molecule has 0 spiro atoms. The van der Waals surface area contributed by atoms with Gasteiger partial charge in [-0.15, -0.1) is 0 Å². The van der Waals surface area contributed by atoms with E-state index in [2.05, 4.69) is 12.2 Å². The van der Waals surface area contributed by atoms with Crippen molar-refractivity contribution in [3.63, 3.8) is 0 Å². The highest BCUT2D eigenvalue weighted by Gasteiger charge is 2.03. The Hall–Kier alpha value is -1.38. The summed E-state index contributed by atoms with van der Waals surface area (Å²) in [5.74, 6) is -0.334. The number of hydrogen-bond acceptors (Lipinski definition) is 1. The molecule has 0 atom stereocenters. The summed E-state index contributed by atoms with van der Waals surface area (Å²) in [7, 11) is 0. The van der Waals surface area contributed by atoms with E-state index in [1.807, 2.05) is 0 Å². The van der Waals surface area contributed by atoms with Crippen LogP contribution in [0.5, 0.6) is 0 Å². The van der Waals surface area contributed by atoms with E-state index >= 15 is 0 Å². The molecule has 0 saturated heterocycles. The molecule has 0 fully saturated rings. The molecule has 1 rings (SSSR count). The topological polar surface area (TPSA) is 29.1 Å². The van der Waals surface area contributed by atoms with Crippen molar-refractivity contribution in [1.82, 2.24) is 0 Å². The Balaban J connectivity index is 1.75. The fourth-order valence-electron chi connectivity index (χ4n) is 4.15.